The van der Waals surface area contributed by atoms with E-state index in [9.17, 15) is 19.2 Å². The van der Waals surface area contributed by atoms with Crippen molar-refractivity contribution in [2.75, 3.05) is 33.9 Å². The van der Waals surface area contributed by atoms with E-state index < -0.39 is 35.4 Å². The average Bonchev–Trinajstić information content (AvgIpc) is 3.55. The summed E-state index contributed by atoms with van der Waals surface area (Å²) in [6, 6.07) is 16.6. The third-order valence-corrected chi connectivity index (χ3v) is 11.9. The summed E-state index contributed by atoms with van der Waals surface area (Å²) in [7, 11) is 3.30. The Labute approximate surface area is 377 Å². The van der Waals surface area contributed by atoms with Crippen molar-refractivity contribution < 1.29 is 28.7 Å². The van der Waals surface area contributed by atoms with Gasteiger partial charge in [0.05, 0.1) is 37.0 Å². The summed E-state index contributed by atoms with van der Waals surface area (Å²) in [6.07, 6.45) is 5.57. The lowest BCUT2D eigenvalue weighted by molar-refractivity contribution is -0.155. The number of hydrazine groups is 1. The quantitative estimate of drug-likeness (QED) is 0.120. The van der Waals surface area contributed by atoms with Gasteiger partial charge in [0.1, 0.15) is 18.1 Å². The van der Waals surface area contributed by atoms with Crippen molar-refractivity contribution >= 4 is 40.6 Å². The van der Waals surface area contributed by atoms with Gasteiger partial charge in [-0.25, -0.2) is 15.4 Å². The molecule has 0 saturated carbocycles. The Kier molecular flexibility index (Phi) is 15.3. The van der Waals surface area contributed by atoms with E-state index in [1.807, 2.05) is 59.0 Å². The molecule has 0 aliphatic carbocycles. The number of methoxy groups -OCH3 is 1. The number of fused-ring (bicyclic) bond motifs is 6. The minimum atomic E-state index is -1.03. The van der Waals surface area contributed by atoms with Gasteiger partial charge in [-0.15, -0.1) is 0 Å². The number of hydrogen-bond donors (Lipinski definition) is 2. The molecule has 3 atom stereocenters. The number of aromatic nitrogens is 2. The van der Waals surface area contributed by atoms with Crippen molar-refractivity contribution in [3.8, 4) is 22.4 Å². The fourth-order valence-corrected chi connectivity index (χ4v) is 8.75. The Morgan fingerprint density at radius 1 is 1.12 bits per heavy atom. The van der Waals surface area contributed by atoms with Gasteiger partial charge in [0.15, 0.2) is 0 Å². The van der Waals surface area contributed by atoms with Crippen molar-refractivity contribution in [3.63, 3.8) is 0 Å². The molecule has 64 heavy (non-hydrogen) atoms. The average molecular weight is 875 g/mol. The van der Waals surface area contributed by atoms with Gasteiger partial charge in [0, 0.05) is 74.4 Å². The molecule has 2 aliphatic rings. The number of nitrogens with zero attached hydrogens (tertiary/aromatic N) is 6. The fourth-order valence-electron chi connectivity index (χ4n) is 8.75. The van der Waals surface area contributed by atoms with Crippen molar-refractivity contribution in [2.24, 2.45) is 21.3 Å². The lowest BCUT2D eigenvalue weighted by Gasteiger charge is -2.36. The largest absolute Gasteiger partial charge is 0.464 e. The standard InChI is InChI=1S/C50H66N8O6/c1-11-57-42-18-17-35-26-37(42)38(45(57)39-28-51-21-19-36(39)29-63-10)27-50(7,8)30-64-48(62)40-16-13-23-58(55-40)47(61)41(25-33-14-12-15-34(35)24-33)54-46(60)44(32(2)3)56(9)43(59)20-22-52-31-53-49(4,5)6/h12,14-15,17-19,21,24,26,28,32,40-41,44,55H,11,13,16,20,22-23,25,27,29-30H2,1-10H3,(H,54,60)/t40-,41-,44-/m0/s1. The highest BCUT2D eigenvalue weighted by atomic mass is 16.5. The van der Waals surface area contributed by atoms with Crippen LogP contribution in [0.4, 0.5) is 0 Å². The van der Waals surface area contributed by atoms with Crippen LogP contribution in [0.1, 0.15) is 91.3 Å². The number of rotatable bonds is 11. The fraction of sp³-hybridized carbons (Fsp3) is 0.520. The molecule has 14 heteroatoms. The van der Waals surface area contributed by atoms with Crippen LogP contribution in [0.2, 0.25) is 0 Å². The molecule has 2 aromatic carbocycles. The molecule has 4 heterocycles. The lowest BCUT2D eigenvalue weighted by Crippen LogP contribution is -2.62. The SMILES string of the molecule is CCn1c(-c2cnccc2COC)c2c3cc(ccc31)-c1cccc(c1)C[C@H](NC(=O)[C@H](C(C)C)N(C)C(=O)CCN=C=NC(C)(C)C)C(=O)N1CCC[C@H](N1)C(=O)OCC(C)(C)C2. The molecule has 2 N–H and O–H groups in total. The Morgan fingerprint density at radius 2 is 1.89 bits per heavy atom. The van der Waals surface area contributed by atoms with Crippen molar-refractivity contribution in [1.82, 2.24) is 30.2 Å². The first-order valence-electron chi connectivity index (χ1n) is 22.5. The normalized spacial score (nSPS) is 18.5. The number of aryl methyl sites for hydroxylation is 1. The molecule has 0 radical (unpaired) electrons. The monoisotopic (exact) mass is 875 g/mol. The van der Waals surface area contributed by atoms with E-state index >= 15 is 0 Å². The molecule has 2 aromatic heterocycles. The summed E-state index contributed by atoms with van der Waals surface area (Å²) in [4.78, 5) is 70.6. The van der Waals surface area contributed by atoms with Gasteiger partial charge in [0.25, 0.3) is 5.91 Å². The van der Waals surface area contributed by atoms with E-state index in [-0.39, 0.29) is 49.3 Å². The summed E-state index contributed by atoms with van der Waals surface area (Å²) in [5.74, 6) is -1.82. The molecular formula is C50H66N8O6. The smallest absolute Gasteiger partial charge is 0.324 e. The number of esters is 1. The number of ether oxygens (including phenoxy) is 2. The van der Waals surface area contributed by atoms with E-state index in [2.05, 4.69) is 87.4 Å². The molecule has 6 bridgehead atoms. The maximum atomic E-state index is 14.6. The van der Waals surface area contributed by atoms with Gasteiger partial charge in [-0.2, -0.15) is 0 Å². The highest BCUT2D eigenvalue weighted by molar-refractivity contribution is 5.96. The van der Waals surface area contributed by atoms with Crippen LogP contribution in [-0.4, -0.2) is 107 Å². The third-order valence-electron chi connectivity index (χ3n) is 11.9. The van der Waals surface area contributed by atoms with Crippen LogP contribution in [0.15, 0.2) is 70.9 Å². The van der Waals surface area contributed by atoms with Crippen molar-refractivity contribution in [2.45, 2.75) is 124 Å². The predicted octanol–water partition coefficient (Wildman–Crippen LogP) is 7.03. The summed E-state index contributed by atoms with van der Waals surface area (Å²) >= 11 is 0. The number of nitrogens with one attached hydrogen (secondary N) is 2. The second-order valence-corrected chi connectivity index (χ2v) is 19.2. The number of benzene rings is 2. The van der Waals surface area contributed by atoms with Gasteiger partial charge < -0.3 is 24.3 Å². The summed E-state index contributed by atoms with van der Waals surface area (Å²) < 4.78 is 14.1. The topological polar surface area (TPSA) is 160 Å². The molecule has 4 aromatic rings. The zero-order chi connectivity index (χ0) is 46.3. The summed E-state index contributed by atoms with van der Waals surface area (Å²) in [5, 5.41) is 5.58. The third kappa shape index (κ3) is 11.3. The first kappa shape index (κ1) is 47.8. The van der Waals surface area contributed by atoms with Crippen molar-refractivity contribution in [1.29, 1.82) is 0 Å². The molecule has 2 aliphatic heterocycles. The van der Waals surface area contributed by atoms with E-state index in [0.29, 0.717) is 39.0 Å². The van der Waals surface area contributed by atoms with Crippen LogP contribution in [0, 0.1) is 11.3 Å². The van der Waals surface area contributed by atoms with Crippen LogP contribution in [-0.2, 0) is 54.6 Å². The number of carbonyl (C=O) groups is 4. The maximum Gasteiger partial charge on any atom is 0.324 e. The van der Waals surface area contributed by atoms with Crippen LogP contribution < -0.4 is 10.7 Å². The van der Waals surface area contributed by atoms with E-state index in [0.717, 1.165) is 50.0 Å². The van der Waals surface area contributed by atoms with Crippen LogP contribution >= 0.6 is 0 Å². The molecule has 0 unspecified atom stereocenters. The lowest BCUT2D eigenvalue weighted by atomic mass is 9.84. The second kappa shape index (κ2) is 20.4. The Bertz CT molecular complexity index is 2410. The molecule has 1 fully saturated rings. The number of pyridine rings is 1. The molecule has 3 amide bonds. The van der Waals surface area contributed by atoms with Gasteiger partial charge >= 0.3 is 5.97 Å². The van der Waals surface area contributed by atoms with Crippen LogP contribution in [0.25, 0.3) is 33.3 Å². The zero-order valence-electron chi connectivity index (χ0n) is 39.3. The van der Waals surface area contributed by atoms with Crippen LogP contribution in [0.3, 0.4) is 0 Å². The number of likely N-dealkylation sites (N-methyl/N-ethyl adjacent to an activating group) is 1. The Balaban J connectivity index is 1.40. The number of amides is 3. The number of carbonyl (C=O) groups excluding carboxylic acids is 4. The highest BCUT2D eigenvalue weighted by Crippen LogP contribution is 2.41. The molecule has 0 spiro atoms. The Morgan fingerprint density at radius 3 is 2.61 bits per heavy atom. The molecule has 1 saturated heterocycles. The minimum absolute atomic E-state index is 0.0667. The van der Waals surface area contributed by atoms with Gasteiger partial charge in [-0.3, -0.25) is 29.2 Å². The number of cyclic esters (lactones) is 1. The predicted molar refractivity (Wildman–Crippen MR) is 249 cm³/mol. The summed E-state index contributed by atoms with van der Waals surface area (Å²) in [5.41, 5.74) is 10.4. The second-order valence-electron chi connectivity index (χ2n) is 19.2. The van der Waals surface area contributed by atoms with E-state index in [1.54, 1.807) is 20.4 Å². The molecule has 14 nitrogen and oxygen atoms in total. The Hall–Kier alpha value is -5.69. The number of aliphatic imine (C=N–C) groups is 2. The summed E-state index contributed by atoms with van der Waals surface area (Å²) in [6.45, 7) is 17.7. The van der Waals surface area contributed by atoms with E-state index in [1.165, 1.54) is 9.91 Å². The highest BCUT2D eigenvalue weighted by Gasteiger charge is 2.37. The molecule has 342 valence electrons. The first-order valence-corrected chi connectivity index (χ1v) is 22.5. The first-order chi connectivity index (χ1) is 30.4. The van der Waals surface area contributed by atoms with E-state index in [4.69, 9.17) is 9.47 Å². The zero-order valence-corrected chi connectivity index (χ0v) is 39.3. The minimum Gasteiger partial charge on any atom is -0.464 e. The molecule has 6 rings (SSSR count). The van der Waals surface area contributed by atoms with Gasteiger partial charge in [0.2, 0.25) is 11.8 Å². The van der Waals surface area contributed by atoms with Crippen LogP contribution in [0.5, 0.6) is 0 Å². The maximum absolute atomic E-state index is 14.6. The van der Waals surface area contributed by atoms with Gasteiger partial charge in [-0.05, 0) is 98.9 Å². The van der Waals surface area contributed by atoms with Crippen molar-refractivity contribution in [3.05, 3.63) is 77.6 Å². The van der Waals surface area contributed by atoms with Gasteiger partial charge in [-0.1, -0.05) is 58.0 Å². The number of hydrogen-bond acceptors (Lipinski definition) is 10. The molecular weight excluding hydrogens is 809 g/mol.